The number of ether oxygens (including phenoxy) is 1. The first kappa shape index (κ1) is 18.0. The van der Waals surface area contributed by atoms with E-state index in [1.54, 1.807) is 18.7 Å². The van der Waals surface area contributed by atoms with Crippen LogP contribution in [-0.4, -0.2) is 29.3 Å². The zero-order valence-electron chi connectivity index (χ0n) is 15.3. The van der Waals surface area contributed by atoms with Crippen LogP contribution in [0.25, 0.3) is 10.9 Å². The molecule has 0 fully saturated rings. The van der Waals surface area contributed by atoms with E-state index in [-0.39, 0.29) is 0 Å². The van der Waals surface area contributed by atoms with Crippen molar-refractivity contribution in [2.75, 3.05) is 13.7 Å². The van der Waals surface area contributed by atoms with Gasteiger partial charge in [-0.05, 0) is 23.6 Å². The first-order valence-electron chi connectivity index (χ1n) is 8.67. The molecule has 136 valence electrons. The van der Waals surface area contributed by atoms with E-state index in [2.05, 4.69) is 24.4 Å². The number of nitrogens with zero attached hydrogens (tertiary/aromatic N) is 1. The molecule has 1 heterocycles. The minimum atomic E-state index is -0.921. The number of carboxylic acids is 1. The Morgan fingerprint density at radius 2 is 1.96 bits per heavy atom. The minimum absolute atomic E-state index is 0.313. The predicted molar refractivity (Wildman–Crippen MR) is 103 cm³/mol. The average Bonchev–Trinajstić information content (AvgIpc) is 2.94. The molecule has 0 amide bonds. The molecule has 0 unspecified atom stereocenters. The van der Waals surface area contributed by atoms with Crippen LogP contribution in [0.5, 0.6) is 5.75 Å². The number of fused-ring (bicyclic) bond motifs is 1. The molecule has 5 heteroatoms. The van der Waals surface area contributed by atoms with Gasteiger partial charge in [-0.2, -0.15) is 0 Å². The van der Waals surface area contributed by atoms with Crippen LogP contribution in [-0.2, 0) is 13.6 Å². The molecule has 0 bridgehead atoms. The fourth-order valence-corrected chi connectivity index (χ4v) is 3.39. The smallest absolute Gasteiger partial charge is 0.352 e. The second-order valence-corrected chi connectivity index (χ2v) is 6.52. The lowest BCUT2D eigenvalue weighted by Crippen LogP contribution is -2.21. The third-order valence-electron chi connectivity index (χ3n) is 4.84. The maximum Gasteiger partial charge on any atom is 0.352 e. The molecular weight excluding hydrogens is 328 g/mol. The Morgan fingerprint density at radius 3 is 2.62 bits per heavy atom. The molecule has 2 aromatic carbocycles. The van der Waals surface area contributed by atoms with E-state index in [0.717, 1.165) is 23.0 Å². The fraction of sp³-hybridized carbons (Fsp3) is 0.286. The first-order chi connectivity index (χ1) is 12.5. The number of aromatic nitrogens is 1. The molecule has 1 aromatic heterocycles. The average molecular weight is 352 g/mol. The number of carboxylic acid groups (broad SMARTS) is 1. The van der Waals surface area contributed by atoms with Crippen molar-refractivity contribution < 1.29 is 14.6 Å². The van der Waals surface area contributed by atoms with Gasteiger partial charge >= 0.3 is 5.97 Å². The molecule has 1 atom stereocenters. The quantitative estimate of drug-likeness (QED) is 0.679. The number of hydrogen-bond donors (Lipinski definition) is 2. The maximum atomic E-state index is 11.8. The SMILES string of the molecule is COc1ccc2c(CNC[C@H](C)c3ccccc3)c(C(=O)O)n(C)c2c1. The number of benzene rings is 2. The Kier molecular flexibility index (Phi) is 5.28. The molecule has 5 nitrogen and oxygen atoms in total. The normalized spacial score (nSPS) is 12.3. The van der Waals surface area contributed by atoms with Crippen molar-refractivity contribution in [2.45, 2.75) is 19.4 Å². The highest BCUT2D eigenvalue weighted by Crippen LogP contribution is 2.29. The Bertz CT molecular complexity index is 916. The van der Waals surface area contributed by atoms with Crippen LogP contribution < -0.4 is 10.1 Å². The fourth-order valence-electron chi connectivity index (χ4n) is 3.39. The number of rotatable bonds is 7. The number of aryl methyl sites for hydroxylation is 1. The molecule has 3 rings (SSSR count). The minimum Gasteiger partial charge on any atom is -0.497 e. The van der Waals surface area contributed by atoms with Crippen LogP contribution in [0.4, 0.5) is 0 Å². The third-order valence-corrected chi connectivity index (χ3v) is 4.84. The lowest BCUT2D eigenvalue weighted by Gasteiger charge is -2.13. The van der Waals surface area contributed by atoms with Crippen LogP contribution in [0.2, 0.25) is 0 Å². The van der Waals surface area contributed by atoms with Gasteiger partial charge in [-0.15, -0.1) is 0 Å². The van der Waals surface area contributed by atoms with Gasteiger partial charge in [-0.25, -0.2) is 4.79 Å². The highest BCUT2D eigenvalue weighted by Gasteiger charge is 2.20. The van der Waals surface area contributed by atoms with Gasteiger partial charge < -0.3 is 19.7 Å². The zero-order valence-corrected chi connectivity index (χ0v) is 15.3. The van der Waals surface area contributed by atoms with Crippen molar-refractivity contribution in [3.63, 3.8) is 0 Å². The van der Waals surface area contributed by atoms with Crippen molar-refractivity contribution in [1.29, 1.82) is 0 Å². The van der Waals surface area contributed by atoms with Gasteiger partial charge in [0, 0.05) is 37.2 Å². The van der Waals surface area contributed by atoms with Crippen molar-refractivity contribution in [1.82, 2.24) is 9.88 Å². The number of carbonyl (C=O) groups is 1. The summed E-state index contributed by atoms with van der Waals surface area (Å²) in [5.41, 5.74) is 3.24. The molecule has 0 radical (unpaired) electrons. The first-order valence-corrected chi connectivity index (χ1v) is 8.67. The van der Waals surface area contributed by atoms with Gasteiger partial charge in [0.25, 0.3) is 0 Å². The second-order valence-electron chi connectivity index (χ2n) is 6.52. The summed E-state index contributed by atoms with van der Waals surface area (Å²) >= 11 is 0. The molecule has 2 N–H and O–H groups in total. The number of nitrogens with one attached hydrogen (secondary N) is 1. The highest BCUT2D eigenvalue weighted by atomic mass is 16.5. The third kappa shape index (κ3) is 3.44. The molecule has 0 aliphatic heterocycles. The van der Waals surface area contributed by atoms with E-state index in [0.29, 0.717) is 23.9 Å². The number of methoxy groups -OCH3 is 1. The topological polar surface area (TPSA) is 63.5 Å². The summed E-state index contributed by atoms with van der Waals surface area (Å²) in [6.45, 7) is 3.44. The van der Waals surface area contributed by atoms with Crippen molar-refractivity contribution in [3.05, 3.63) is 65.4 Å². The largest absolute Gasteiger partial charge is 0.497 e. The molecule has 3 aromatic rings. The summed E-state index contributed by atoms with van der Waals surface area (Å²) in [5, 5.41) is 14.0. The van der Waals surface area contributed by atoms with E-state index >= 15 is 0 Å². The van der Waals surface area contributed by atoms with E-state index < -0.39 is 5.97 Å². The Morgan fingerprint density at radius 1 is 1.23 bits per heavy atom. The summed E-state index contributed by atoms with van der Waals surface area (Å²) in [6, 6.07) is 16.0. The highest BCUT2D eigenvalue weighted by molar-refractivity contribution is 5.98. The molecule has 0 aliphatic carbocycles. The molecule has 0 spiro atoms. The molecule has 0 saturated heterocycles. The van der Waals surface area contributed by atoms with Crippen molar-refractivity contribution in [2.24, 2.45) is 7.05 Å². The van der Waals surface area contributed by atoms with E-state index in [9.17, 15) is 9.90 Å². The van der Waals surface area contributed by atoms with E-state index in [1.165, 1.54) is 5.56 Å². The molecule has 26 heavy (non-hydrogen) atoms. The van der Waals surface area contributed by atoms with Crippen molar-refractivity contribution in [3.8, 4) is 5.75 Å². The van der Waals surface area contributed by atoms with Gasteiger partial charge in [0.05, 0.1) is 12.6 Å². The van der Waals surface area contributed by atoms with Gasteiger partial charge in [0.15, 0.2) is 0 Å². The van der Waals surface area contributed by atoms with Gasteiger partial charge in [-0.3, -0.25) is 0 Å². The maximum absolute atomic E-state index is 11.8. The lowest BCUT2D eigenvalue weighted by molar-refractivity contribution is 0.0685. The van der Waals surface area contributed by atoms with Crippen LogP contribution in [0.3, 0.4) is 0 Å². The van der Waals surface area contributed by atoms with Crippen molar-refractivity contribution >= 4 is 16.9 Å². The van der Waals surface area contributed by atoms with Crippen LogP contribution in [0.1, 0.15) is 34.5 Å². The Hall–Kier alpha value is -2.79. The number of hydrogen-bond acceptors (Lipinski definition) is 3. The van der Waals surface area contributed by atoms with Gasteiger partial charge in [-0.1, -0.05) is 37.3 Å². The standard InChI is InChI=1S/C21H24N2O3/c1-14(15-7-5-4-6-8-15)12-22-13-18-17-10-9-16(26-3)11-19(17)23(2)20(18)21(24)25/h4-11,14,22H,12-13H2,1-3H3,(H,24,25)/t14-/m0/s1. The summed E-state index contributed by atoms with van der Waals surface area (Å²) in [7, 11) is 3.39. The monoisotopic (exact) mass is 352 g/mol. The van der Waals surface area contributed by atoms with Crippen LogP contribution in [0, 0.1) is 0 Å². The van der Waals surface area contributed by atoms with E-state index in [4.69, 9.17) is 4.74 Å². The van der Waals surface area contributed by atoms with Crippen LogP contribution in [0.15, 0.2) is 48.5 Å². The molecule has 0 aliphatic rings. The zero-order chi connectivity index (χ0) is 18.7. The second kappa shape index (κ2) is 7.62. The predicted octanol–water partition coefficient (Wildman–Crippen LogP) is 3.78. The molecular formula is C21H24N2O3. The lowest BCUT2D eigenvalue weighted by atomic mass is 10.0. The van der Waals surface area contributed by atoms with E-state index in [1.807, 2.05) is 36.4 Å². The summed E-state index contributed by atoms with van der Waals surface area (Å²) < 4.78 is 6.99. The summed E-state index contributed by atoms with van der Waals surface area (Å²) in [5.74, 6) is 0.141. The number of aromatic carboxylic acids is 1. The van der Waals surface area contributed by atoms with Gasteiger partial charge in [0.1, 0.15) is 11.4 Å². The van der Waals surface area contributed by atoms with Crippen LogP contribution >= 0.6 is 0 Å². The summed E-state index contributed by atoms with van der Waals surface area (Å²) in [4.78, 5) is 11.8. The Balaban J connectivity index is 1.84. The molecule has 0 saturated carbocycles. The summed E-state index contributed by atoms with van der Waals surface area (Å²) in [6.07, 6.45) is 0. The van der Waals surface area contributed by atoms with Gasteiger partial charge in [0.2, 0.25) is 0 Å². The Labute approximate surface area is 153 Å².